The predicted octanol–water partition coefficient (Wildman–Crippen LogP) is 1.99. The van der Waals surface area contributed by atoms with Crippen molar-refractivity contribution in [2.45, 2.75) is 58.3 Å². The van der Waals surface area contributed by atoms with Gasteiger partial charge in [0.2, 0.25) is 0 Å². The highest BCUT2D eigenvalue weighted by molar-refractivity contribution is 5.87. The lowest BCUT2D eigenvalue weighted by Crippen LogP contribution is -2.43. The molecule has 5 heteroatoms. The number of nitrogens with zero attached hydrogens (tertiary/aromatic N) is 1. The third-order valence-electron chi connectivity index (χ3n) is 2.84. The van der Waals surface area contributed by atoms with Crippen LogP contribution in [0.25, 0.3) is 0 Å². The molecule has 0 bridgehead atoms. The van der Waals surface area contributed by atoms with Crippen molar-refractivity contribution >= 4 is 11.9 Å². The Morgan fingerprint density at radius 3 is 2.44 bits per heavy atom. The van der Waals surface area contributed by atoms with E-state index in [1.165, 1.54) is 4.90 Å². The number of ketones is 1. The van der Waals surface area contributed by atoms with Gasteiger partial charge in [0.05, 0.1) is 18.8 Å². The van der Waals surface area contributed by atoms with E-state index in [0.717, 1.165) is 13.0 Å². The number of rotatable bonds is 5. The van der Waals surface area contributed by atoms with Gasteiger partial charge in [-0.05, 0) is 34.1 Å². The largest absolute Gasteiger partial charge is 0.444 e. The Morgan fingerprint density at radius 1 is 1.44 bits per heavy atom. The van der Waals surface area contributed by atoms with Gasteiger partial charge >= 0.3 is 6.09 Å². The van der Waals surface area contributed by atoms with E-state index in [0.29, 0.717) is 6.42 Å². The average molecular weight is 257 g/mol. The predicted molar refractivity (Wildman–Crippen MR) is 67.4 cm³/mol. The Bertz CT molecular complexity index is 317. The zero-order valence-electron chi connectivity index (χ0n) is 11.9. The summed E-state index contributed by atoms with van der Waals surface area (Å²) in [6.07, 6.45) is 0.962. The molecule has 0 radical (unpaired) electrons. The molecule has 0 saturated carbocycles. The van der Waals surface area contributed by atoms with Crippen LogP contribution < -0.4 is 0 Å². The summed E-state index contributed by atoms with van der Waals surface area (Å²) in [6.45, 7) is 7.88. The minimum absolute atomic E-state index is 0.0406. The summed E-state index contributed by atoms with van der Waals surface area (Å²) >= 11 is 0. The van der Waals surface area contributed by atoms with Crippen LogP contribution in [0, 0.1) is 0 Å². The monoisotopic (exact) mass is 257 g/mol. The number of likely N-dealkylation sites (N-methyl/N-ethyl adjacent to an activating group) is 1. The molecule has 1 saturated heterocycles. The fraction of sp³-hybridized carbons (Fsp3) is 0.846. The van der Waals surface area contributed by atoms with E-state index in [2.05, 4.69) is 0 Å². The van der Waals surface area contributed by atoms with Crippen molar-refractivity contribution in [1.29, 1.82) is 0 Å². The summed E-state index contributed by atoms with van der Waals surface area (Å²) in [6, 6.07) is -0.460. The zero-order chi connectivity index (χ0) is 13.9. The maximum absolute atomic E-state index is 11.9. The minimum Gasteiger partial charge on any atom is -0.444 e. The molecule has 2 atom stereocenters. The molecular weight excluding hydrogens is 234 g/mol. The van der Waals surface area contributed by atoms with Crippen LogP contribution in [0.4, 0.5) is 4.79 Å². The van der Waals surface area contributed by atoms with Crippen molar-refractivity contribution in [3.05, 3.63) is 0 Å². The van der Waals surface area contributed by atoms with Crippen LogP contribution in [0.3, 0.4) is 0 Å². The molecule has 1 unspecified atom stereocenters. The van der Waals surface area contributed by atoms with Crippen LogP contribution in [0.5, 0.6) is 0 Å². The normalized spacial score (nSPS) is 20.2. The number of epoxide rings is 1. The van der Waals surface area contributed by atoms with Crippen LogP contribution in [-0.2, 0) is 14.3 Å². The summed E-state index contributed by atoms with van der Waals surface area (Å²) in [5, 5.41) is 0. The van der Waals surface area contributed by atoms with Gasteiger partial charge in [0.1, 0.15) is 5.60 Å². The number of carbonyl (C=O) groups is 2. The molecule has 1 heterocycles. The maximum atomic E-state index is 11.9. The molecule has 0 aromatic heterocycles. The zero-order valence-corrected chi connectivity index (χ0v) is 11.9. The first kappa shape index (κ1) is 15.0. The van der Waals surface area contributed by atoms with E-state index >= 15 is 0 Å². The maximum Gasteiger partial charge on any atom is 0.410 e. The van der Waals surface area contributed by atoms with Crippen molar-refractivity contribution in [2.75, 3.05) is 13.7 Å². The Hall–Kier alpha value is -1.10. The fourth-order valence-electron chi connectivity index (χ4n) is 1.45. The molecule has 0 spiro atoms. The number of carbonyl (C=O) groups excluding carboxylic acids is 2. The summed E-state index contributed by atoms with van der Waals surface area (Å²) in [5.74, 6) is 0.0406. The highest BCUT2D eigenvalue weighted by Gasteiger charge is 2.29. The highest BCUT2D eigenvalue weighted by atomic mass is 16.6. The highest BCUT2D eigenvalue weighted by Crippen LogP contribution is 2.17. The molecule has 1 rings (SSSR count). The van der Waals surface area contributed by atoms with Crippen LogP contribution in [0.15, 0.2) is 0 Å². The Balaban J connectivity index is 2.40. The third kappa shape index (κ3) is 5.04. The fourth-order valence-corrected chi connectivity index (χ4v) is 1.45. The topological polar surface area (TPSA) is 59.1 Å². The number of ether oxygens (including phenoxy) is 2. The van der Waals surface area contributed by atoms with Gasteiger partial charge in [0.15, 0.2) is 5.78 Å². The van der Waals surface area contributed by atoms with Crippen molar-refractivity contribution in [2.24, 2.45) is 0 Å². The van der Waals surface area contributed by atoms with Gasteiger partial charge in [0, 0.05) is 13.5 Å². The molecule has 1 fully saturated rings. The Morgan fingerprint density at radius 2 is 2.00 bits per heavy atom. The van der Waals surface area contributed by atoms with E-state index in [1.54, 1.807) is 34.7 Å². The molecule has 0 N–H and O–H groups in total. The molecular formula is C13H23NO4. The molecule has 5 nitrogen and oxygen atoms in total. The molecule has 18 heavy (non-hydrogen) atoms. The summed E-state index contributed by atoms with van der Waals surface area (Å²) < 4.78 is 10.3. The second-order valence-corrected chi connectivity index (χ2v) is 5.73. The van der Waals surface area contributed by atoms with Crippen LogP contribution in [-0.4, -0.2) is 48.2 Å². The molecule has 0 aromatic carbocycles. The minimum atomic E-state index is -0.546. The first-order valence-electron chi connectivity index (χ1n) is 6.31. The molecule has 0 aliphatic carbocycles. The first-order chi connectivity index (χ1) is 8.20. The van der Waals surface area contributed by atoms with Gasteiger partial charge in [-0.15, -0.1) is 0 Å². The van der Waals surface area contributed by atoms with Crippen LogP contribution >= 0.6 is 0 Å². The van der Waals surface area contributed by atoms with Gasteiger partial charge < -0.3 is 14.4 Å². The Kier molecular flexibility index (Phi) is 4.73. The van der Waals surface area contributed by atoms with Crippen molar-refractivity contribution in [1.82, 2.24) is 4.90 Å². The second kappa shape index (κ2) is 5.69. The summed E-state index contributed by atoms with van der Waals surface area (Å²) in [7, 11) is 1.59. The quantitative estimate of drug-likeness (QED) is 0.707. The number of amides is 1. The van der Waals surface area contributed by atoms with Gasteiger partial charge in [-0.3, -0.25) is 4.79 Å². The Labute approximate surface area is 108 Å². The van der Waals surface area contributed by atoms with Crippen molar-refractivity contribution in [3.8, 4) is 0 Å². The molecule has 1 amide bonds. The van der Waals surface area contributed by atoms with Gasteiger partial charge in [0.25, 0.3) is 0 Å². The van der Waals surface area contributed by atoms with E-state index in [1.807, 2.05) is 0 Å². The van der Waals surface area contributed by atoms with E-state index in [-0.39, 0.29) is 11.9 Å². The smallest absolute Gasteiger partial charge is 0.410 e. The number of Topliss-reactive ketones (excluding diaryl/α,β-unsaturated/α-hetero) is 1. The molecule has 1 aliphatic rings. The average Bonchev–Trinajstić information content (AvgIpc) is 3.05. The lowest BCUT2D eigenvalue weighted by atomic mass is 10.1. The standard InChI is InChI=1S/C13H23NO4/c1-9(11(15)7-6-10-8-17-10)14(5)12(16)18-13(2,3)4/h9-10H,6-8H2,1-5H3/t9-,10?/m0/s1. The van der Waals surface area contributed by atoms with Crippen molar-refractivity contribution in [3.63, 3.8) is 0 Å². The van der Waals surface area contributed by atoms with E-state index in [9.17, 15) is 9.59 Å². The lowest BCUT2D eigenvalue weighted by molar-refractivity contribution is -0.123. The lowest BCUT2D eigenvalue weighted by Gasteiger charge is -2.28. The SMILES string of the molecule is C[C@@H](C(=O)CCC1CO1)N(C)C(=O)OC(C)(C)C. The van der Waals surface area contributed by atoms with Gasteiger partial charge in [-0.25, -0.2) is 4.79 Å². The number of hydrogen-bond donors (Lipinski definition) is 0. The summed E-state index contributed by atoms with van der Waals surface area (Å²) in [4.78, 5) is 25.0. The summed E-state index contributed by atoms with van der Waals surface area (Å²) in [5.41, 5.74) is -0.546. The van der Waals surface area contributed by atoms with Gasteiger partial charge in [-0.1, -0.05) is 0 Å². The van der Waals surface area contributed by atoms with Crippen molar-refractivity contribution < 1.29 is 19.1 Å². The number of hydrogen-bond acceptors (Lipinski definition) is 4. The van der Waals surface area contributed by atoms with Crippen LogP contribution in [0.2, 0.25) is 0 Å². The van der Waals surface area contributed by atoms with Gasteiger partial charge in [-0.2, -0.15) is 0 Å². The second-order valence-electron chi connectivity index (χ2n) is 5.73. The molecule has 0 aromatic rings. The first-order valence-corrected chi connectivity index (χ1v) is 6.31. The van der Waals surface area contributed by atoms with E-state index < -0.39 is 17.7 Å². The van der Waals surface area contributed by atoms with E-state index in [4.69, 9.17) is 9.47 Å². The molecule has 104 valence electrons. The third-order valence-corrected chi connectivity index (χ3v) is 2.84. The molecule has 1 aliphatic heterocycles. The van der Waals surface area contributed by atoms with Crippen LogP contribution in [0.1, 0.15) is 40.5 Å².